The molecule has 0 atom stereocenters. The summed E-state index contributed by atoms with van der Waals surface area (Å²) in [6.07, 6.45) is 0. The zero-order chi connectivity index (χ0) is 16.2. The third-order valence-electron chi connectivity index (χ3n) is 2.90. The molecule has 0 saturated carbocycles. The molecule has 1 aromatic carbocycles. The van der Waals surface area contributed by atoms with E-state index in [1.165, 1.54) is 11.8 Å². The van der Waals surface area contributed by atoms with E-state index >= 15 is 0 Å². The van der Waals surface area contributed by atoms with Crippen molar-refractivity contribution in [2.45, 2.75) is 18.2 Å². The van der Waals surface area contributed by atoms with Gasteiger partial charge in [0.2, 0.25) is 11.9 Å². The summed E-state index contributed by atoms with van der Waals surface area (Å²) >= 11 is 2.99. The zero-order valence-electron chi connectivity index (χ0n) is 12.7. The van der Waals surface area contributed by atoms with Crippen molar-refractivity contribution in [2.24, 2.45) is 0 Å². The second-order valence-corrected chi connectivity index (χ2v) is 7.14. The lowest BCUT2D eigenvalue weighted by Gasteiger charge is -2.07. The van der Waals surface area contributed by atoms with Gasteiger partial charge in [-0.05, 0) is 32.0 Å². The van der Waals surface area contributed by atoms with E-state index < -0.39 is 0 Å². The first-order valence-corrected chi connectivity index (χ1v) is 8.76. The number of thiazole rings is 1. The Kier molecular flexibility index (Phi) is 4.73. The summed E-state index contributed by atoms with van der Waals surface area (Å²) in [5.41, 5.74) is 7.99. The number of hydrogen-bond donors (Lipinski definition) is 2. The van der Waals surface area contributed by atoms with Crippen molar-refractivity contribution in [3.8, 4) is 0 Å². The van der Waals surface area contributed by atoms with Crippen LogP contribution in [0.1, 0.15) is 11.4 Å². The van der Waals surface area contributed by atoms with Crippen LogP contribution in [-0.4, -0.2) is 26.6 Å². The Labute approximate surface area is 141 Å². The van der Waals surface area contributed by atoms with Gasteiger partial charge in [0.15, 0.2) is 4.34 Å². The molecule has 2 heterocycles. The maximum absolute atomic E-state index is 11.9. The van der Waals surface area contributed by atoms with Crippen molar-refractivity contribution < 1.29 is 4.79 Å². The van der Waals surface area contributed by atoms with Gasteiger partial charge in [-0.25, -0.2) is 15.0 Å². The van der Waals surface area contributed by atoms with Gasteiger partial charge in [0.05, 0.1) is 16.0 Å². The molecule has 118 valence electrons. The summed E-state index contributed by atoms with van der Waals surface area (Å²) in [6.45, 7) is 3.76. The van der Waals surface area contributed by atoms with Crippen LogP contribution in [0.2, 0.25) is 0 Å². The van der Waals surface area contributed by atoms with Gasteiger partial charge >= 0.3 is 0 Å². The Morgan fingerprint density at radius 1 is 1.17 bits per heavy atom. The van der Waals surface area contributed by atoms with Gasteiger partial charge in [0.25, 0.3) is 0 Å². The Balaban J connectivity index is 1.53. The first-order valence-electron chi connectivity index (χ1n) is 6.96. The Hall–Kier alpha value is -2.19. The Morgan fingerprint density at radius 3 is 2.65 bits per heavy atom. The number of aromatic nitrogens is 3. The number of amides is 1. The van der Waals surface area contributed by atoms with Gasteiger partial charge in [-0.3, -0.25) is 15.6 Å². The van der Waals surface area contributed by atoms with Crippen LogP contribution in [0.3, 0.4) is 0 Å². The van der Waals surface area contributed by atoms with Crippen LogP contribution in [0.15, 0.2) is 34.7 Å². The topological polar surface area (TPSA) is 79.8 Å². The minimum Gasteiger partial charge on any atom is -0.272 e. The Morgan fingerprint density at radius 2 is 1.91 bits per heavy atom. The molecule has 8 heteroatoms. The fraction of sp³-hybridized carbons (Fsp3) is 0.200. The normalized spacial score (nSPS) is 10.7. The number of carbonyl (C=O) groups excluding carboxylic acids is 1. The second kappa shape index (κ2) is 6.93. The van der Waals surface area contributed by atoms with Crippen LogP contribution in [0, 0.1) is 13.8 Å². The molecule has 0 spiro atoms. The van der Waals surface area contributed by atoms with Gasteiger partial charge in [0, 0.05) is 11.4 Å². The van der Waals surface area contributed by atoms with E-state index in [9.17, 15) is 4.79 Å². The van der Waals surface area contributed by atoms with Crippen molar-refractivity contribution in [3.05, 3.63) is 41.7 Å². The highest BCUT2D eigenvalue weighted by molar-refractivity contribution is 8.01. The smallest absolute Gasteiger partial charge is 0.248 e. The third-order valence-corrected chi connectivity index (χ3v) is 5.08. The van der Waals surface area contributed by atoms with Crippen molar-refractivity contribution in [3.63, 3.8) is 0 Å². The lowest BCUT2D eigenvalue weighted by molar-refractivity contribution is -0.118. The van der Waals surface area contributed by atoms with Crippen LogP contribution < -0.4 is 10.9 Å². The van der Waals surface area contributed by atoms with E-state index in [0.717, 1.165) is 25.9 Å². The van der Waals surface area contributed by atoms with Gasteiger partial charge in [0.1, 0.15) is 0 Å². The number of rotatable bonds is 5. The monoisotopic (exact) mass is 345 g/mol. The number of para-hydroxylation sites is 1. The lowest BCUT2D eigenvalue weighted by Crippen LogP contribution is -2.31. The molecular weight excluding hydrogens is 330 g/mol. The molecule has 6 nitrogen and oxygen atoms in total. The molecule has 0 aliphatic heterocycles. The Bertz CT molecular complexity index is 796. The fourth-order valence-corrected chi connectivity index (χ4v) is 3.85. The fourth-order valence-electron chi connectivity index (χ4n) is 1.98. The van der Waals surface area contributed by atoms with Crippen LogP contribution in [0.4, 0.5) is 5.95 Å². The molecule has 0 fully saturated rings. The maximum Gasteiger partial charge on any atom is 0.248 e. The number of fused-ring (bicyclic) bond motifs is 1. The minimum atomic E-state index is -0.156. The summed E-state index contributed by atoms with van der Waals surface area (Å²) in [5.74, 6) is 0.510. The first-order chi connectivity index (χ1) is 11.1. The van der Waals surface area contributed by atoms with Gasteiger partial charge < -0.3 is 0 Å². The average molecular weight is 345 g/mol. The van der Waals surface area contributed by atoms with Crippen LogP contribution >= 0.6 is 23.1 Å². The minimum absolute atomic E-state index is 0.156. The van der Waals surface area contributed by atoms with E-state index in [1.807, 2.05) is 44.2 Å². The van der Waals surface area contributed by atoms with Gasteiger partial charge in [-0.2, -0.15) is 0 Å². The highest BCUT2D eigenvalue weighted by Crippen LogP contribution is 2.28. The maximum atomic E-state index is 11.9. The highest BCUT2D eigenvalue weighted by Gasteiger charge is 2.08. The van der Waals surface area contributed by atoms with Crippen LogP contribution in [0.25, 0.3) is 10.2 Å². The summed E-state index contributed by atoms with van der Waals surface area (Å²) in [6, 6.07) is 9.80. The number of thioether (sulfide) groups is 1. The number of nitrogens with zero attached hydrogens (tertiary/aromatic N) is 3. The number of aryl methyl sites for hydroxylation is 2. The van der Waals surface area contributed by atoms with Crippen molar-refractivity contribution in [1.29, 1.82) is 0 Å². The first kappa shape index (κ1) is 15.7. The molecule has 2 N–H and O–H groups in total. The molecule has 0 aliphatic rings. The molecule has 23 heavy (non-hydrogen) atoms. The molecular formula is C15H15N5OS2. The standard InChI is InChI=1S/C15H15N5OS2/c1-9-7-10(2)17-14(16-9)20-19-13(21)8-22-15-18-11-5-3-4-6-12(11)23-15/h3-7H,8H2,1-2H3,(H,19,21)(H,16,17,20). The van der Waals surface area contributed by atoms with E-state index in [-0.39, 0.29) is 11.7 Å². The van der Waals surface area contributed by atoms with Crippen LogP contribution in [0.5, 0.6) is 0 Å². The van der Waals surface area contributed by atoms with Gasteiger partial charge in [-0.1, -0.05) is 23.9 Å². The lowest BCUT2D eigenvalue weighted by atomic mass is 10.3. The molecule has 0 aliphatic carbocycles. The largest absolute Gasteiger partial charge is 0.272 e. The average Bonchev–Trinajstić information content (AvgIpc) is 2.93. The number of nitrogens with one attached hydrogen (secondary N) is 2. The van der Waals surface area contributed by atoms with Crippen LogP contribution in [-0.2, 0) is 4.79 Å². The van der Waals surface area contributed by atoms with E-state index in [4.69, 9.17) is 0 Å². The highest BCUT2D eigenvalue weighted by atomic mass is 32.2. The molecule has 0 saturated heterocycles. The zero-order valence-corrected chi connectivity index (χ0v) is 14.3. The number of hydrogen-bond acceptors (Lipinski definition) is 7. The SMILES string of the molecule is Cc1cc(C)nc(NNC(=O)CSc2nc3ccccc3s2)n1. The summed E-state index contributed by atoms with van der Waals surface area (Å²) < 4.78 is 2.00. The molecule has 2 aromatic heterocycles. The summed E-state index contributed by atoms with van der Waals surface area (Å²) in [7, 11) is 0. The summed E-state index contributed by atoms with van der Waals surface area (Å²) in [5, 5.41) is 0. The van der Waals surface area contributed by atoms with Crippen molar-refractivity contribution in [2.75, 3.05) is 11.2 Å². The predicted octanol–water partition coefficient (Wildman–Crippen LogP) is 2.94. The van der Waals surface area contributed by atoms with Crippen molar-refractivity contribution >= 4 is 45.2 Å². The number of anilines is 1. The van der Waals surface area contributed by atoms with E-state index in [0.29, 0.717) is 5.95 Å². The molecule has 0 radical (unpaired) electrons. The van der Waals surface area contributed by atoms with Crippen molar-refractivity contribution in [1.82, 2.24) is 20.4 Å². The second-order valence-electron chi connectivity index (χ2n) is 4.88. The molecule has 1 amide bonds. The quantitative estimate of drug-likeness (QED) is 0.547. The summed E-state index contributed by atoms with van der Waals surface area (Å²) in [4.78, 5) is 24.8. The number of hydrazine groups is 1. The number of benzene rings is 1. The molecule has 3 rings (SSSR count). The molecule has 0 bridgehead atoms. The molecule has 3 aromatic rings. The van der Waals surface area contributed by atoms with E-state index in [1.54, 1.807) is 11.3 Å². The van der Waals surface area contributed by atoms with E-state index in [2.05, 4.69) is 25.8 Å². The third kappa shape index (κ3) is 4.17. The number of carbonyl (C=O) groups is 1. The predicted molar refractivity (Wildman–Crippen MR) is 93.6 cm³/mol. The molecule has 0 unspecified atom stereocenters. The van der Waals surface area contributed by atoms with Gasteiger partial charge in [-0.15, -0.1) is 11.3 Å².